The number of hydrogen-bond acceptors (Lipinski definition) is 5. The van der Waals surface area contributed by atoms with Gasteiger partial charge in [-0.3, -0.25) is 4.79 Å². The van der Waals surface area contributed by atoms with Gasteiger partial charge in [-0.15, -0.1) is 11.3 Å². The van der Waals surface area contributed by atoms with E-state index in [1.165, 1.54) is 27.8 Å². The summed E-state index contributed by atoms with van der Waals surface area (Å²) in [7, 11) is 0. The second kappa shape index (κ2) is 6.67. The molecule has 1 amide bonds. The molecule has 0 unspecified atom stereocenters. The molecule has 4 nitrogen and oxygen atoms in total. The molecule has 1 aliphatic heterocycles. The van der Waals surface area contributed by atoms with Crippen LogP contribution >= 0.6 is 23.1 Å². The highest BCUT2D eigenvalue weighted by atomic mass is 32.2. The summed E-state index contributed by atoms with van der Waals surface area (Å²) in [6.07, 6.45) is 0.923. The topological polar surface area (TPSA) is 46.1 Å². The van der Waals surface area contributed by atoms with Crippen LogP contribution in [0.3, 0.4) is 0 Å². The summed E-state index contributed by atoms with van der Waals surface area (Å²) < 4.78 is 0. The lowest BCUT2D eigenvalue weighted by Crippen LogP contribution is -2.37. The second-order valence-corrected chi connectivity index (χ2v) is 8.94. The second-order valence-electron chi connectivity index (χ2n) is 6.77. The first-order valence-electron chi connectivity index (χ1n) is 8.73. The quantitative estimate of drug-likeness (QED) is 0.486. The van der Waals surface area contributed by atoms with Crippen LogP contribution in [-0.4, -0.2) is 27.7 Å². The van der Waals surface area contributed by atoms with Gasteiger partial charge in [-0.1, -0.05) is 30.0 Å². The minimum Gasteiger partial charge on any atom is -0.308 e. The molecule has 2 aromatic heterocycles. The van der Waals surface area contributed by atoms with Crippen LogP contribution in [0.5, 0.6) is 0 Å². The van der Waals surface area contributed by atoms with Crippen molar-refractivity contribution in [1.82, 2.24) is 9.97 Å². The van der Waals surface area contributed by atoms with Gasteiger partial charge in [0.25, 0.3) is 0 Å². The van der Waals surface area contributed by atoms with E-state index in [0.717, 1.165) is 33.2 Å². The Morgan fingerprint density at radius 2 is 2.04 bits per heavy atom. The predicted molar refractivity (Wildman–Crippen MR) is 109 cm³/mol. The van der Waals surface area contributed by atoms with Crippen LogP contribution in [-0.2, 0) is 11.2 Å². The molecule has 26 heavy (non-hydrogen) atoms. The average molecular weight is 384 g/mol. The molecule has 4 rings (SSSR count). The van der Waals surface area contributed by atoms with Crippen molar-refractivity contribution in [2.24, 2.45) is 0 Å². The summed E-state index contributed by atoms with van der Waals surface area (Å²) in [5, 5.41) is 2.02. The van der Waals surface area contributed by atoms with Crippen LogP contribution in [0, 0.1) is 20.8 Å². The maximum atomic E-state index is 13.0. The van der Waals surface area contributed by atoms with Gasteiger partial charge in [-0.05, 0) is 51.3 Å². The number of carbonyl (C=O) groups is 1. The zero-order valence-electron chi connectivity index (χ0n) is 15.4. The number of amides is 1. The van der Waals surface area contributed by atoms with E-state index >= 15 is 0 Å². The Labute approximate surface area is 161 Å². The number of hydrogen-bond donors (Lipinski definition) is 0. The molecule has 0 fully saturated rings. The molecule has 0 N–H and O–H groups in total. The minimum atomic E-state index is 0.140. The molecular weight excluding hydrogens is 362 g/mol. The fourth-order valence-corrected chi connectivity index (χ4v) is 5.69. The standard InChI is InChI=1S/C20H21N3OS2/c1-11-9-15-7-5-6-8-16(15)23(11)17(24)10-25-19-18-12(2)13(3)26-20(18)22-14(4)21-19/h5-8,11H,9-10H2,1-4H3/t11-/m1/s1. The van der Waals surface area contributed by atoms with Crippen LogP contribution in [0.2, 0.25) is 0 Å². The van der Waals surface area contributed by atoms with Crippen LogP contribution in [0.4, 0.5) is 5.69 Å². The Morgan fingerprint density at radius 3 is 2.85 bits per heavy atom. The number of fused-ring (bicyclic) bond motifs is 2. The van der Waals surface area contributed by atoms with E-state index in [-0.39, 0.29) is 11.9 Å². The Hall–Kier alpha value is -1.92. The van der Waals surface area contributed by atoms with E-state index < -0.39 is 0 Å². The van der Waals surface area contributed by atoms with Crippen molar-refractivity contribution >= 4 is 44.9 Å². The number of rotatable bonds is 3. The van der Waals surface area contributed by atoms with Crippen molar-refractivity contribution in [3.05, 3.63) is 46.1 Å². The van der Waals surface area contributed by atoms with Crippen molar-refractivity contribution in [3.63, 3.8) is 0 Å². The molecule has 0 radical (unpaired) electrons. The van der Waals surface area contributed by atoms with E-state index in [2.05, 4.69) is 36.8 Å². The molecule has 3 heterocycles. The minimum absolute atomic E-state index is 0.140. The molecule has 0 aliphatic carbocycles. The number of aromatic nitrogens is 2. The van der Waals surface area contributed by atoms with Crippen LogP contribution < -0.4 is 4.90 Å². The van der Waals surface area contributed by atoms with Gasteiger partial charge in [0.1, 0.15) is 15.7 Å². The summed E-state index contributed by atoms with van der Waals surface area (Å²) in [6.45, 7) is 8.24. The van der Waals surface area contributed by atoms with E-state index in [1.54, 1.807) is 11.3 Å². The van der Waals surface area contributed by atoms with Gasteiger partial charge in [0.15, 0.2) is 0 Å². The number of nitrogens with zero attached hydrogens (tertiary/aromatic N) is 3. The number of benzene rings is 1. The first-order chi connectivity index (χ1) is 12.5. The third kappa shape index (κ3) is 2.91. The van der Waals surface area contributed by atoms with Crippen LogP contribution in [0.25, 0.3) is 10.2 Å². The van der Waals surface area contributed by atoms with E-state index in [9.17, 15) is 4.79 Å². The lowest BCUT2D eigenvalue weighted by atomic mass is 10.1. The Bertz CT molecular complexity index is 1010. The molecule has 6 heteroatoms. The molecule has 0 bridgehead atoms. The lowest BCUT2D eigenvalue weighted by molar-refractivity contribution is -0.116. The molecular formula is C20H21N3OS2. The van der Waals surface area contributed by atoms with Gasteiger partial charge >= 0.3 is 0 Å². The molecule has 0 saturated heterocycles. The molecule has 1 aromatic carbocycles. The predicted octanol–water partition coefficient (Wildman–Crippen LogP) is 4.69. The maximum absolute atomic E-state index is 13.0. The molecule has 134 valence electrons. The normalized spacial score (nSPS) is 16.3. The lowest BCUT2D eigenvalue weighted by Gasteiger charge is -2.22. The van der Waals surface area contributed by atoms with Gasteiger partial charge in [-0.25, -0.2) is 9.97 Å². The van der Waals surface area contributed by atoms with Crippen molar-refractivity contribution < 1.29 is 4.79 Å². The summed E-state index contributed by atoms with van der Waals surface area (Å²) in [4.78, 5) is 26.4. The Balaban J connectivity index is 1.60. The zero-order valence-corrected chi connectivity index (χ0v) is 17.0. The molecule has 3 aromatic rings. The van der Waals surface area contributed by atoms with Crippen molar-refractivity contribution in [3.8, 4) is 0 Å². The van der Waals surface area contributed by atoms with Crippen molar-refractivity contribution in [2.45, 2.75) is 45.2 Å². The van der Waals surface area contributed by atoms with E-state index in [4.69, 9.17) is 0 Å². The van der Waals surface area contributed by atoms with Gasteiger partial charge in [0, 0.05) is 22.0 Å². The summed E-state index contributed by atoms with van der Waals surface area (Å²) >= 11 is 3.23. The summed E-state index contributed by atoms with van der Waals surface area (Å²) in [5.74, 6) is 1.29. The number of thioether (sulfide) groups is 1. The van der Waals surface area contributed by atoms with Crippen molar-refractivity contribution in [1.29, 1.82) is 0 Å². The maximum Gasteiger partial charge on any atom is 0.237 e. The molecule has 1 atom stereocenters. The molecule has 0 saturated carbocycles. The number of thiophene rings is 1. The van der Waals surface area contributed by atoms with Gasteiger partial charge in [-0.2, -0.15) is 0 Å². The fourth-order valence-electron chi connectivity index (χ4n) is 3.56. The van der Waals surface area contributed by atoms with Gasteiger partial charge in [0.2, 0.25) is 5.91 Å². The van der Waals surface area contributed by atoms with E-state index in [0.29, 0.717) is 5.75 Å². The molecule has 1 aliphatic rings. The number of carbonyl (C=O) groups excluding carboxylic acids is 1. The SMILES string of the molecule is Cc1nc(SCC(=O)N2c3ccccc3C[C@H]2C)c2c(C)c(C)sc2n1. The zero-order chi connectivity index (χ0) is 18.4. The fraction of sp³-hybridized carbons (Fsp3) is 0.350. The van der Waals surface area contributed by atoms with Crippen molar-refractivity contribution in [2.75, 3.05) is 10.7 Å². The van der Waals surface area contributed by atoms with E-state index in [1.807, 2.05) is 30.0 Å². The monoisotopic (exact) mass is 383 g/mol. The van der Waals surface area contributed by atoms with Crippen LogP contribution in [0.15, 0.2) is 29.3 Å². The van der Waals surface area contributed by atoms with Gasteiger partial charge < -0.3 is 4.90 Å². The highest BCUT2D eigenvalue weighted by molar-refractivity contribution is 8.00. The first kappa shape index (κ1) is 17.5. The highest BCUT2D eigenvalue weighted by Gasteiger charge is 2.30. The number of aryl methyl sites for hydroxylation is 3. The number of para-hydroxylation sites is 1. The Kier molecular flexibility index (Phi) is 4.49. The summed E-state index contributed by atoms with van der Waals surface area (Å²) in [6, 6.07) is 8.40. The smallest absolute Gasteiger partial charge is 0.237 e. The highest BCUT2D eigenvalue weighted by Crippen LogP contribution is 2.36. The van der Waals surface area contributed by atoms with Gasteiger partial charge in [0.05, 0.1) is 5.75 Å². The third-order valence-electron chi connectivity index (χ3n) is 4.92. The van der Waals surface area contributed by atoms with Crippen LogP contribution in [0.1, 0.15) is 28.8 Å². The first-order valence-corrected chi connectivity index (χ1v) is 10.5. The third-order valence-corrected chi connectivity index (χ3v) is 6.98. The number of anilines is 1. The Morgan fingerprint density at radius 1 is 1.27 bits per heavy atom. The molecule has 0 spiro atoms. The largest absolute Gasteiger partial charge is 0.308 e. The summed E-state index contributed by atoms with van der Waals surface area (Å²) in [5.41, 5.74) is 3.53. The average Bonchev–Trinajstić information content (AvgIpc) is 3.08.